The van der Waals surface area contributed by atoms with E-state index in [0.29, 0.717) is 11.4 Å². The Morgan fingerprint density at radius 2 is 1.78 bits per heavy atom. The average Bonchev–Trinajstić information content (AvgIpc) is 3.13. The minimum absolute atomic E-state index is 0.0106. The highest BCUT2D eigenvalue weighted by molar-refractivity contribution is 7.10. The first-order valence-electron chi connectivity index (χ1n) is 10.1. The first kappa shape index (κ1) is 21.5. The van der Waals surface area contributed by atoms with Gasteiger partial charge in [0.25, 0.3) is 0 Å². The van der Waals surface area contributed by atoms with E-state index in [1.807, 2.05) is 80.6 Å². The lowest BCUT2D eigenvalue weighted by molar-refractivity contribution is -0.136. The summed E-state index contributed by atoms with van der Waals surface area (Å²) in [6.07, 6.45) is -0.930. The Balaban J connectivity index is 1.56. The fourth-order valence-corrected chi connectivity index (χ4v) is 4.36. The molecule has 4 rings (SSSR count). The number of anilines is 1. The lowest BCUT2D eigenvalue weighted by Crippen LogP contribution is -2.16. The maximum Gasteiger partial charge on any atom is 0.412 e. The summed E-state index contributed by atoms with van der Waals surface area (Å²) < 4.78 is 9.97. The van der Waals surface area contributed by atoms with Gasteiger partial charge >= 0.3 is 12.1 Å². The van der Waals surface area contributed by atoms with Gasteiger partial charge in [-0.15, -0.1) is 0 Å². The van der Waals surface area contributed by atoms with Crippen molar-refractivity contribution in [3.8, 4) is 10.4 Å². The Labute approximate surface area is 189 Å². The van der Waals surface area contributed by atoms with Gasteiger partial charge in [-0.1, -0.05) is 60.7 Å². The summed E-state index contributed by atoms with van der Waals surface area (Å²) in [5, 5.41) is 13.8. The highest BCUT2D eigenvalue weighted by atomic mass is 32.1. The smallest absolute Gasteiger partial charge is 0.412 e. The number of benzene rings is 3. The number of amides is 1. The van der Waals surface area contributed by atoms with E-state index in [1.165, 1.54) is 11.5 Å². The monoisotopic (exact) mass is 446 g/mol. The van der Waals surface area contributed by atoms with Crippen LogP contribution in [0.5, 0.6) is 0 Å². The SMILES string of the molecule is Cc1nsc(-c2ccc3cc(CC(=O)O)ccc3c2)c1NC(=O)O[C@H](C)c1ccccc1. The highest BCUT2D eigenvalue weighted by Gasteiger charge is 2.18. The molecule has 0 aliphatic rings. The third kappa shape index (κ3) is 4.78. The maximum absolute atomic E-state index is 12.6. The third-order valence-corrected chi connectivity index (χ3v) is 6.15. The highest BCUT2D eigenvalue weighted by Crippen LogP contribution is 2.36. The molecule has 1 aromatic heterocycles. The van der Waals surface area contributed by atoms with Crippen LogP contribution in [0.25, 0.3) is 21.2 Å². The van der Waals surface area contributed by atoms with Crippen molar-refractivity contribution < 1.29 is 19.4 Å². The van der Waals surface area contributed by atoms with E-state index in [2.05, 4.69) is 9.69 Å². The van der Waals surface area contributed by atoms with Crippen LogP contribution in [0, 0.1) is 6.92 Å². The molecule has 0 unspecified atom stereocenters. The third-order valence-electron chi connectivity index (χ3n) is 5.16. The molecule has 4 aromatic rings. The number of nitrogens with zero attached hydrogens (tertiary/aromatic N) is 1. The summed E-state index contributed by atoms with van der Waals surface area (Å²) >= 11 is 1.31. The number of hydrogen-bond acceptors (Lipinski definition) is 5. The zero-order chi connectivity index (χ0) is 22.7. The second kappa shape index (κ2) is 9.20. The molecule has 6 nitrogen and oxygen atoms in total. The Bertz CT molecular complexity index is 1280. The van der Waals surface area contributed by atoms with Gasteiger partial charge in [-0.25, -0.2) is 4.79 Å². The van der Waals surface area contributed by atoms with Gasteiger partial charge in [0.15, 0.2) is 0 Å². The van der Waals surface area contributed by atoms with E-state index in [4.69, 9.17) is 9.84 Å². The van der Waals surface area contributed by atoms with E-state index in [1.54, 1.807) is 0 Å². The molecule has 0 fully saturated rings. The second-order valence-corrected chi connectivity index (χ2v) is 8.30. The van der Waals surface area contributed by atoms with E-state index >= 15 is 0 Å². The molecule has 32 heavy (non-hydrogen) atoms. The molecule has 2 N–H and O–H groups in total. The van der Waals surface area contributed by atoms with Gasteiger partial charge in [0.05, 0.1) is 22.7 Å². The zero-order valence-electron chi connectivity index (χ0n) is 17.7. The van der Waals surface area contributed by atoms with Gasteiger partial charge in [-0.3, -0.25) is 10.1 Å². The fourth-order valence-electron chi connectivity index (χ4n) is 3.52. The Kier molecular flexibility index (Phi) is 6.18. The van der Waals surface area contributed by atoms with Crippen LogP contribution in [0.15, 0.2) is 66.7 Å². The number of rotatable bonds is 6. The van der Waals surface area contributed by atoms with Crippen molar-refractivity contribution in [2.24, 2.45) is 0 Å². The van der Waals surface area contributed by atoms with Crippen LogP contribution in [0.3, 0.4) is 0 Å². The number of nitrogens with one attached hydrogen (secondary N) is 1. The predicted molar refractivity (Wildman–Crippen MR) is 126 cm³/mol. The van der Waals surface area contributed by atoms with Crippen LogP contribution in [0.1, 0.15) is 29.8 Å². The number of aliphatic carboxylic acids is 1. The summed E-state index contributed by atoms with van der Waals surface area (Å²) in [6, 6.07) is 21.1. The van der Waals surface area contributed by atoms with Crippen molar-refractivity contribution in [2.75, 3.05) is 5.32 Å². The first-order chi connectivity index (χ1) is 15.4. The van der Waals surface area contributed by atoms with E-state index in [0.717, 1.165) is 32.3 Å². The number of carboxylic acids is 1. The Hall–Kier alpha value is -3.71. The maximum atomic E-state index is 12.6. The lowest BCUT2D eigenvalue weighted by Gasteiger charge is -2.15. The molecule has 0 bridgehead atoms. The van der Waals surface area contributed by atoms with Crippen molar-refractivity contribution in [3.05, 3.63) is 83.6 Å². The number of aromatic nitrogens is 1. The van der Waals surface area contributed by atoms with E-state index < -0.39 is 12.1 Å². The molecule has 0 radical (unpaired) electrons. The van der Waals surface area contributed by atoms with Crippen molar-refractivity contribution in [2.45, 2.75) is 26.4 Å². The summed E-state index contributed by atoms with van der Waals surface area (Å²) in [6.45, 7) is 3.67. The molecular weight excluding hydrogens is 424 g/mol. The van der Waals surface area contributed by atoms with Crippen LogP contribution in [-0.4, -0.2) is 21.5 Å². The summed E-state index contributed by atoms with van der Waals surface area (Å²) in [4.78, 5) is 24.4. The zero-order valence-corrected chi connectivity index (χ0v) is 18.5. The molecule has 1 heterocycles. The molecule has 3 aromatic carbocycles. The second-order valence-electron chi connectivity index (χ2n) is 7.52. The van der Waals surface area contributed by atoms with Gasteiger partial charge in [0.2, 0.25) is 0 Å². The van der Waals surface area contributed by atoms with Crippen LogP contribution in [-0.2, 0) is 16.0 Å². The molecule has 0 saturated carbocycles. The largest absolute Gasteiger partial charge is 0.481 e. The summed E-state index contributed by atoms with van der Waals surface area (Å²) in [5.74, 6) is -0.856. The minimum atomic E-state index is -0.856. The van der Waals surface area contributed by atoms with Gasteiger partial charge in [0.1, 0.15) is 6.10 Å². The molecule has 0 spiro atoms. The fraction of sp³-hybridized carbons (Fsp3) is 0.160. The number of carbonyl (C=O) groups is 2. The van der Waals surface area contributed by atoms with Crippen LogP contribution in [0.2, 0.25) is 0 Å². The quantitative estimate of drug-likeness (QED) is 0.368. The van der Waals surface area contributed by atoms with Crippen molar-refractivity contribution in [1.29, 1.82) is 0 Å². The van der Waals surface area contributed by atoms with E-state index in [-0.39, 0.29) is 12.5 Å². The Morgan fingerprint density at radius 1 is 1.06 bits per heavy atom. The Morgan fingerprint density at radius 3 is 2.53 bits per heavy atom. The molecular formula is C25H22N2O4S. The normalized spacial score (nSPS) is 11.8. The minimum Gasteiger partial charge on any atom is -0.481 e. The molecule has 1 atom stereocenters. The summed E-state index contributed by atoms with van der Waals surface area (Å²) in [7, 11) is 0. The lowest BCUT2D eigenvalue weighted by atomic mass is 10.0. The number of hydrogen-bond donors (Lipinski definition) is 2. The molecule has 0 saturated heterocycles. The number of carbonyl (C=O) groups excluding carboxylic acids is 1. The molecule has 0 aliphatic heterocycles. The molecule has 162 valence electrons. The molecule has 7 heteroatoms. The van der Waals surface area contributed by atoms with Gasteiger partial charge in [-0.2, -0.15) is 4.37 Å². The number of carboxylic acid groups (broad SMARTS) is 1. The van der Waals surface area contributed by atoms with Crippen LogP contribution in [0.4, 0.5) is 10.5 Å². The number of aryl methyl sites for hydroxylation is 1. The van der Waals surface area contributed by atoms with Crippen LogP contribution < -0.4 is 5.32 Å². The van der Waals surface area contributed by atoms with Crippen molar-refractivity contribution in [3.63, 3.8) is 0 Å². The number of ether oxygens (including phenoxy) is 1. The number of fused-ring (bicyclic) bond motifs is 1. The topological polar surface area (TPSA) is 88.5 Å². The van der Waals surface area contributed by atoms with Gasteiger partial charge < -0.3 is 9.84 Å². The average molecular weight is 447 g/mol. The molecule has 1 amide bonds. The summed E-state index contributed by atoms with van der Waals surface area (Å²) in [5.41, 5.74) is 3.93. The van der Waals surface area contributed by atoms with E-state index in [9.17, 15) is 9.59 Å². The predicted octanol–water partition coefficient (Wildman–Crippen LogP) is 6.21. The van der Waals surface area contributed by atoms with Gasteiger partial charge in [-0.05, 0) is 58.9 Å². The standard InChI is InChI=1S/C25H22N2O4S/c1-15-23(26-25(30)31-16(2)18-6-4-3-5-7-18)24(32-27-15)21-11-10-19-12-17(13-22(28)29)8-9-20(19)14-21/h3-12,14,16H,13H2,1-2H3,(H,26,30)(H,28,29)/t16-/m1/s1. The van der Waals surface area contributed by atoms with Crippen LogP contribution >= 0.6 is 11.5 Å². The van der Waals surface area contributed by atoms with Crippen molar-refractivity contribution >= 4 is 40.1 Å². The van der Waals surface area contributed by atoms with Gasteiger partial charge in [0, 0.05) is 0 Å². The van der Waals surface area contributed by atoms with Crippen molar-refractivity contribution in [1.82, 2.24) is 4.37 Å². The molecule has 0 aliphatic carbocycles. The first-order valence-corrected chi connectivity index (χ1v) is 10.9.